The van der Waals surface area contributed by atoms with Crippen LogP contribution in [0.25, 0.3) is 21.5 Å². The Balaban J connectivity index is 0.000000422. The standard InChI is InChI=1S/C13H9.C5H5.CH2.2ClH.Zr/c1-3-7-12-10(5-1)9-11-6-2-4-8-13(11)12;1-2-4-5-3-1;;;;/h1-9H;1-5H;1H2;2*1H;/q2*-1;;;;+2/p-2. The molecule has 0 radical (unpaired) electrons. The van der Waals surface area contributed by atoms with Crippen molar-refractivity contribution >= 4 is 25.8 Å². The summed E-state index contributed by atoms with van der Waals surface area (Å²) >= 11 is 1.30. The second kappa shape index (κ2) is 11.5. The molecule has 4 aromatic carbocycles. The van der Waals surface area contributed by atoms with E-state index < -0.39 is 0 Å². The third kappa shape index (κ3) is 5.32. The van der Waals surface area contributed by atoms with Gasteiger partial charge in [0.2, 0.25) is 0 Å². The maximum atomic E-state index is 3.34. The van der Waals surface area contributed by atoms with Gasteiger partial charge in [-0.3, -0.25) is 0 Å². The number of halogens is 2. The smallest absolute Gasteiger partial charge is 0.0771 e. The van der Waals surface area contributed by atoms with Crippen molar-refractivity contribution in [3.63, 3.8) is 0 Å². The number of rotatable bonds is 0. The number of hydrogen-bond acceptors (Lipinski definition) is 0. The van der Waals surface area contributed by atoms with E-state index in [0.717, 1.165) is 0 Å². The molecule has 0 amide bonds. The van der Waals surface area contributed by atoms with Gasteiger partial charge in [0.15, 0.2) is 0 Å². The minimum atomic E-state index is 0. The predicted molar refractivity (Wildman–Crippen MR) is 86.2 cm³/mol. The maximum Gasteiger partial charge on any atom is -0.0771 e. The summed E-state index contributed by atoms with van der Waals surface area (Å²) in [6, 6.07) is 29.3. The molecule has 0 nitrogen and oxygen atoms in total. The molecule has 0 spiro atoms. The van der Waals surface area contributed by atoms with Gasteiger partial charge in [0, 0.05) is 0 Å². The maximum absolute atomic E-state index is 3.34. The topological polar surface area (TPSA) is 0 Å². The molecule has 0 heterocycles. The van der Waals surface area contributed by atoms with Crippen molar-refractivity contribution in [2.75, 3.05) is 0 Å². The third-order valence-corrected chi connectivity index (χ3v) is 3.08. The normalized spacial score (nSPS) is 8.64. The second-order valence-electron chi connectivity index (χ2n) is 4.28. The summed E-state index contributed by atoms with van der Waals surface area (Å²) in [6.07, 6.45) is 0. The Kier molecular flexibility index (Phi) is 11.0. The quantitative estimate of drug-likeness (QED) is 0.332. The van der Waals surface area contributed by atoms with Gasteiger partial charge in [-0.1, -0.05) is 36.4 Å². The van der Waals surface area contributed by atoms with Gasteiger partial charge in [0.1, 0.15) is 0 Å². The van der Waals surface area contributed by atoms with Crippen LogP contribution in [0.2, 0.25) is 0 Å². The van der Waals surface area contributed by atoms with Gasteiger partial charge in [0.05, 0.1) is 0 Å². The largest absolute Gasteiger partial charge is 1.00 e. The summed E-state index contributed by atoms with van der Waals surface area (Å²) < 4.78 is 3.34. The van der Waals surface area contributed by atoms with Crippen LogP contribution in [0, 0.1) is 0 Å². The van der Waals surface area contributed by atoms with Crippen molar-refractivity contribution in [3.8, 4) is 0 Å². The summed E-state index contributed by atoms with van der Waals surface area (Å²) in [6.45, 7) is 0. The van der Waals surface area contributed by atoms with Crippen LogP contribution in [0.4, 0.5) is 0 Å². The molecule has 0 aliphatic heterocycles. The second-order valence-corrected chi connectivity index (χ2v) is 4.28. The van der Waals surface area contributed by atoms with Gasteiger partial charge < -0.3 is 24.8 Å². The minimum Gasteiger partial charge on any atom is -1.00 e. The molecule has 4 aromatic rings. The van der Waals surface area contributed by atoms with Crippen LogP contribution in [0.3, 0.4) is 0 Å². The fourth-order valence-corrected chi connectivity index (χ4v) is 2.22. The van der Waals surface area contributed by atoms with Crippen molar-refractivity contribution in [2.24, 2.45) is 0 Å². The first-order valence-corrected chi connectivity index (χ1v) is 8.24. The Morgan fingerprint density at radius 3 is 1.41 bits per heavy atom. The molecule has 0 aliphatic carbocycles. The molecular formula is C19H16Cl2Zr-2. The molecule has 0 fully saturated rings. The molecule has 0 saturated carbocycles. The number of fused-ring (bicyclic) bond motifs is 3. The van der Waals surface area contributed by atoms with E-state index in [2.05, 4.69) is 58.8 Å². The first-order valence-electron chi connectivity index (χ1n) is 6.50. The Morgan fingerprint density at radius 2 is 1.05 bits per heavy atom. The van der Waals surface area contributed by atoms with E-state index in [0.29, 0.717) is 0 Å². The van der Waals surface area contributed by atoms with Gasteiger partial charge >= 0.3 is 28.4 Å². The molecule has 3 heteroatoms. The molecule has 0 saturated heterocycles. The first kappa shape index (κ1) is 21.0. The van der Waals surface area contributed by atoms with Gasteiger partial charge in [-0.25, -0.2) is 12.1 Å². The molecule has 22 heavy (non-hydrogen) atoms. The monoisotopic (exact) mass is 404 g/mol. The Morgan fingerprint density at radius 1 is 0.636 bits per heavy atom. The van der Waals surface area contributed by atoms with E-state index in [-0.39, 0.29) is 24.8 Å². The van der Waals surface area contributed by atoms with Crippen LogP contribution in [-0.4, -0.2) is 4.21 Å². The average molecular weight is 406 g/mol. The molecule has 0 unspecified atom stereocenters. The fraction of sp³-hybridized carbons (Fsp3) is 0. The molecule has 0 N–H and O–H groups in total. The predicted octanol–water partition coefficient (Wildman–Crippen LogP) is -0.909. The molecule has 4 rings (SSSR count). The Bertz CT molecular complexity index is 690. The molecule has 0 aromatic heterocycles. The van der Waals surface area contributed by atoms with Crippen LogP contribution in [-0.2, 0) is 24.2 Å². The Labute approximate surface area is 159 Å². The molecule has 0 bridgehead atoms. The van der Waals surface area contributed by atoms with Crippen molar-refractivity contribution in [1.29, 1.82) is 0 Å². The zero-order chi connectivity index (χ0) is 14.2. The van der Waals surface area contributed by atoms with Crippen LogP contribution >= 0.6 is 0 Å². The van der Waals surface area contributed by atoms with Crippen molar-refractivity contribution < 1.29 is 49.0 Å². The fourth-order valence-electron chi connectivity index (χ4n) is 2.22. The van der Waals surface area contributed by atoms with Crippen molar-refractivity contribution in [3.05, 3.63) is 84.9 Å². The summed E-state index contributed by atoms with van der Waals surface area (Å²) in [5, 5.41) is 5.39. The van der Waals surface area contributed by atoms with Gasteiger partial charge in [-0.15, -0.1) is 39.7 Å². The molecular weight excluding hydrogens is 390 g/mol. The van der Waals surface area contributed by atoms with E-state index in [9.17, 15) is 0 Å². The summed E-state index contributed by atoms with van der Waals surface area (Å²) in [5.41, 5.74) is 0. The zero-order valence-electron chi connectivity index (χ0n) is 12.0. The SMILES string of the molecule is [CH2]=[Zr+2].[Cl-].[Cl-].c1cc[cH-]c1.c1ccc2c(c1)[cH-]c1ccccc12. The van der Waals surface area contributed by atoms with Crippen molar-refractivity contribution in [1.82, 2.24) is 0 Å². The molecule has 0 aliphatic rings. The summed E-state index contributed by atoms with van der Waals surface area (Å²) in [4.78, 5) is 0. The first-order chi connectivity index (χ1) is 9.95. The number of hydrogen-bond donors (Lipinski definition) is 0. The van der Waals surface area contributed by atoms with Crippen LogP contribution in [0.1, 0.15) is 0 Å². The van der Waals surface area contributed by atoms with Crippen LogP contribution in [0.15, 0.2) is 84.9 Å². The third-order valence-electron chi connectivity index (χ3n) is 3.08. The number of benzene rings is 2. The van der Waals surface area contributed by atoms with Gasteiger partial charge in [-0.2, -0.15) is 18.2 Å². The molecule has 0 atom stereocenters. The van der Waals surface area contributed by atoms with E-state index in [4.69, 9.17) is 0 Å². The Hall–Kier alpha value is -1.01. The van der Waals surface area contributed by atoms with Crippen molar-refractivity contribution in [2.45, 2.75) is 0 Å². The summed E-state index contributed by atoms with van der Waals surface area (Å²) in [7, 11) is 0. The van der Waals surface area contributed by atoms with Gasteiger partial charge in [0.25, 0.3) is 0 Å². The average Bonchev–Trinajstić information content (AvgIpc) is 3.20. The van der Waals surface area contributed by atoms with Crippen LogP contribution < -0.4 is 24.8 Å². The zero-order valence-corrected chi connectivity index (χ0v) is 16.0. The molecule has 112 valence electrons. The minimum absolute atomic E-state index is 0. The van der Waals surface area contributed by atoms with E-state index in [1.165, 1.54) is 45.8 Å². The van der Waals surface area contributed by atoms with Crippen LogP contribution in [0.5, 0.6) is 0 Å². The summed E-state index contributed by atoms with van der Waals surface area (Å²) in [5.74, 6) is 0. The van der Waals surface area contributed by atoms with E-state index in [1.807, 2.05) is 30.3 Å². The van der Waals surface area contributed by atoms with Gasteiger partial charge in [-0.05, 0) is 0 Å². The van der Waals surface area contributed by atoms with E-state index >= 15 is 0 Å². The van der Waals surface area contributed by atoms with E-state index in [1.54, 1.807) is 0 Å².